The average molecular weight is 522 g/mol. The number of carbonyl (C=O) groups excluding carboxylic acids is 3. The standard InChI is InChI=1S/C29H19N3O5S/c1-37-29(36)23-16-30-38-28(23)32-31-24-21-13-12-19(25(33)17-8-4-2-5-9-17)14-20(21)15-22(27(24)35)26(34)18-10-6-3-7-11-18/h2-16,35H,1H3. The molecule has 0 saturated heterocycles. The van der Waals surface area contributed by atoms with Gasteiger partial charge in [-0.3, -0.25) is 9.59 Å². The number of esters is 1. The zero-order valence-corrected chi connectivity index (χ0v) is 20.8. The minimum atomic E-state index is -0.626. The number of carbonyl (C=O) groups is 3. The van der Waals surface area contributed by atoms with Gasteiger partial charge < -0.3 is 9.84 Å². The summed E-state index contributed by atoms with van der Waals surface area (Å²) in [5.41, 5.74) is 1.44. The molecule has 5 rings (SSSR count). The Labute approximate surface area is 221 Å². The number of nitrogens with zero attached hydrogens (tertiary/aromatic N) is 3. The molecule has 1 heterocycles. The van der Waals surface area contributed by atoms with Crippen LogP contribution in [0.25, 0.3) is 10.8 Å². The van der Waals surface area contributed by atoms with Crippen LogP contribution in [0.1, 0.15) is 42.2 Å². The number of fused-ring (bicyclic) bond motifs is 1. The lowest BCUT2D eigenvalue weighted by Crippen LogP contribution is -2.03. The van der Waals surface area contributed by atoms with Crippen LogP contribution in [0.4, 0.5) is 10.7 Å². The smallest absolute Gasteiger partial charge is 0.342 e. The van der Waals surface area contributed by atoms with Crippen LogP contribution in [-0.2, 0) is 4.74 Å². The van der Waals surface area contributed by atoms with Crippen LogP contribution >= 0.6 is 11.5 Å². The van der Waals surface area contributed by atoms with E-state index >= 15 is 0 Å². The highest BCUT2D eigenvalue weighted by Gasteiger charge is 2.21. The second-order valence-corrected chi connectivity index (χ2v) is 8.96. The average Bonchev–Trinajstić information content (AvgIpc) is 3.44. The van der Waals surface area contributed by atoms with Crippen LogP contribution < -0.4 is 0 Å². The number of methoxy groups -OCH3 is 1. The van der Waals surface area contributed by atoms with Crippen molar-refractivity contribution < 1.29 is 24.2 Å². The summed E-state index contributed by atoms with van der Waals surface area (Å²) in [4.78, 5) is 38.5. The zero-order valence-electron chi connectivity index (χ0n) is 20.0. The summed E-state index contributed by atoms with van der Waals surface area (Å²) in [5, 5.41) is 20.7. The summed E-state index contributed by atoms with van der Waals surface area (Å²) < 4.78 is 8.72. The SMILES string of the molecule is COC(=O)c1cnsc1N=Nc1c(O)c(C(=O)c2ccccc2)cc2cc(C(=O)c3ccccc3)ccc12. The van der Waals surface area contributed by atoms with Crippen LogP contribution in [0.2, 0.25) is 0 Å². The number of hydrogen-bond donors (Lipinski definition) is 1. The molecule has 5 aromatic rings. The Morgan fingerprint density at radius 1 is 0.789 bits per heavy atom. The molecular formula is C29H19N3O5S. The Kier molecular flexibility index (Phi) is 6.84. The van der Waals surface area contributed by atoms with E-state index in [1.807, 2.05) is 6.07 Å². The van der Waals surface area contributed by atoms with E-state index in [4.69, 9.17) is 4.74 Å². The minimum Gasteiger partial charge on any atom is -0.505 e. The highest BCUT2D eigenvalue weighted by Crippen LogP contribution is 2.41. The molecule has 0 unspecified atom stereocenters. The van der Waals surface area contributed by atoms with Gasteiger partial charge in [0.1, 0.15) is 11.3 Å². The van der Waals surface area contributed by atoms with Crippen molar-refractivity contribution in [1.29, 1.82) is 0 Å². The summed E-state index contributed by atoms with van der Waals surface area (Å²) in [7, 11) is 1.24. The highest BCUT2D eigenvalue weighted by molar-refractivity contribution is 7.10. The normalized spacial score (nSPS) is 11.1. The fourth-order valence-corrected chi connectivity index (χ4v) is 4.51. The van der Waals surface area contributed by atoms with Crippen molar-refractivity contribution in [2.75, 3.05) is 7.11 Å². The number of ether oxygens (including phenoxy) is 1. The minimum absolute atomic E-state index is 0.000504. The van der Waals surface area contributed by atoms with E-state index in [2.05, 4.69) is 14.6 Å². The lowest BCUT2D eigenvalue weighted by atomic mass is 9.94. The second kappa shape index (κ2) is 10.5. The van der Waals surface area contributed by atoms with Crippen molar-refractivity contribution in [2.24, 2.45) is 10.2 Å². The van der Waals surface area contributed by atoms with Gasteiger partial charge in [-0.1, -0.05) is 72.8 Å². The van der Waals surface area contributed by atoms with Crippen LogP contribution in [0.15, 0.2) is 101 Å². The van der Waals surface area contributed by atoms with Gasteiger partial charge in [0.15, 0.2) is 22.3 Å². The first-order valence-corrected chi connectivity index (χ1v) is 12.2. The van der Waals surface area contributed by atoms with Crippen molar-refractivity contribution in [3.8, 4) is 5.75 Å². The van der Waals surface area contributed by atoms with E-state index < -0.39 is 11.8 Å². The Morgan fingerprint density at radius 2 is 1.45 bits per heavy atom. The Morgan fingerprint density at radius 3 is 2.11 bits per heavy atom. The second-order valence-electron chi connectivity index (χ2n) is 8.18. The third-order valence-corrected chi connectivity index (χ3v) is 6.55. The summed E-state index contributed by atoms with van der Waals surface area (Å²) in [6, 6.07) is 23.8. The summed E-state index contributed by atoms with van der Waals surface area (Å²) >= 11 is 0.931. The van der Waals surface area contributed by atoms with Gasteiger partial charge in [0.05, 0.1) is 18.9 Å². The van der Waals surface area contributed by atoms with Gasteiger partial charge in [-0.15, -0.1) is 10.2 Å². The number of aromatic nitrogens is 1. The first-order chi connectivity index (χ1) is 18.5. The number of rotatable bonds is 7. The molecule has 4 aromatic carbocycles. The lowest BCUT2D eigenvalue weighted by Gasteiger charge is -2.11. The van der Waals surface area contributed by atoms with Gasteiger partial charge in [-0.2, -0.15) is 4.37 Å². The fourth-order valence-electron chi connectivity index (χ4n) is 3.94. The van der Waals surface area contributed by atoms with Crippen molar-refractivity contribution in [3.63, 3.8) is 0 Å². The van der Waals surface area contributed by atoms with Gasteiger partial charge in [0.25, 0.3) is 0 Å². The van der Waals surface area contributed by atoms with Gasteiger partial charge in [0, 0.05) is 22.1 Å². The zero-order chi connectivity index (χ0) is 26.6. The monoisotopic (exact) mass is 521 g/mol. The van der Waals surface area contributed by atoms with E-state index in [0.29, 0.717) is 27.5 Å². The molecule has 0 saturated carbocycles. The predicted molar refractivity (Wildman–Crippen MR) is 143 cm³/mol. The van der Waals surface area contributed by atoms with Crippen molar-refractivity contribution in [2.45, 2.75) is 0 Å². The van der Waals surface area contributed by atoms with Gasteiger partial charge in [-0.05, 0) is 29.1 Å². The maximum absolute atomic E-state index is 13.4. The molecule has 0 atom stereocenters. The molecule has 186 valence electrons. The molecule has 9 heteroatoms. The van der Waals surface area contributed by atoms with Crippen LogP contribution in [0.5, 0.6) is 5.75 Å². The number of benzene rings is 4. The Balaban J connectivity index is 1.67. The highest BCUT2D eigenvalue weighted by atomic mass is 32.1. The molecule has 0 amide bonds. The molecule has 8 nitrogen and oxygen atoms in total. The maximum atomic E-state index is 13.4. The van der Waals surface area contributed by atoms with Crippen LogP contribution in [0.3, 0.4) is 0 Å². The number of phenols is 1. The molecule has 0 aliphatic heterocycles. The Bertz CT molecular complexity index is 1710. The molecule has 1 aromatic heterocycles. The fraction of sp³-hybridized carbons (Fsp3) is 0.0345. The number of phenolic OH excluding ortho intramolecular Hbond substituents is 1. The number of azo groups is 1. The molecule has 0 aliphatic rings. The third-order valence-electron chi connectivity index (χ3n) is 5.86. The lowest BCUT2D eigenvalue weighted by molar-refractivity contribution is 0.0601. The molecule has 0 spiro atoms. The van der Waals surface area contributed by atoms with Crippen LogP contribution in [0, 0.1) is 0 Å². The first kappa shape index (κ1) is 24.7. The van der Waals surface area contributed by atoms with E-state index in [1.54, 1.807) is 72.8 Å². The summed E-state index contributed by atoms with van der Waals surface area (Å²) in [5.74, 6) is -1.61. The van der Waals surface area contributed by atoms with Gasteiger partial charge in [0.2, 0.25) is 0 Å². The van der Waals surface area contributed by atoms with Crippen molar-refractivity contribution in [1.82, 2.24) is 4.37 Å². The van der Waals surface area contributed by atoms with E-state index in [1.165, 1.54) is 19.4 Å². The first-order valence-electron chi connectivity index (χ1n) is 11.4. The van der Waals surface area contributed by atoms with Gasteiger partial charge >= 0.3 is 5.97 Å². The molecular weight excluding hydrogens is 502 g/mol. The topological polar surface area (TPSA) is 118 Å². The summed E-state index contributed by atoms with van der Waals surface area (Å²) in [6.45, 7) is 0. The van der Waals surface area contributed by atoms with Gasteiger partial charge in [-0.25, -0.2) is 4.79 Å². The quantitative estimate of drug-likeness (QED) is 0.145. The van der Waals surface area contributed by atoms with E-state index in [9.17, 15) is 19.5 Å². The number of hydrogen-bond acceptors (Lipinski definition) is 9. The predicted octanol–water partition coefficient (Wildman–Crippen LogP) is 6.67. The largest absolute Gasteiger partial charge is 0.505 e. The number of aromatic hydroxyl groups is 1. The van der Waals surface area contributed by atoms with Crippen molar-refractivity contribution >= 4 is 50.5 Å². The van der Waals surface area contributed by atoms with E-state index in [-0.39, 0.29) is 33.3 Å². The Hall–Kier alpha value is -5.02. The summed E-state index contributed by atoms with van der Waals surface area (Å²) in [6.07, 6.45) is 1.32. The molecule has 38 heavy (non-hydrogen) atoms. The third kappa shape index (κ3) is 4.70. The molecule has 1 N–H and O–H groups in total. The van der Waals surface area contributed by atoms with Crippen LogP contribution in [-0.4, -0.2) is 34.1 Å². The van der Waals surface area contributed by atoms with Crippen molar-refractivity contribution in [3.05, 3.63) is 119 Å². The molecule has 0 aliphatic carbocycles. The number of ketones is 2. The van der Waals surface area contributed by atoms with E-state index in [0.717, 1.165) is 11.5 Å². The molecule has 0 bridgehead atoms. The molecule has 0 fully saturated rings. The molecule has 0 radical (unpaired) electrons. The maximum Gasteiger partial charge on any atom is 0.342 e.